The number of fused-ring (bicyclic) bond motifs is 1. The number of halogens is 3. The van der Waals surface area contributed by atoms with Gasteiger partial charge < -0.3 is 10.1 Å². The molecule has 0 radical (unpaired) electrons. The number of carbonyl (C=O) groups is 2. The third-order valence-electron chi connectivity index (χ3n) is 4.48. The van der Waals surface area contributed by atoms with Crippen LogP contribution < -0.4 is 10.1 Å². The number of amides is 1. The Hall–Kier alpha value is -3.43. The predicted molar refractivity (Wildman–Crippen MR) is 103 cm³/mol. The average molecular weight is 420 g/mol. The average Bonchev–Trinajstić information content (AvgIpc) is 2.94. The van der Waals surface area contributed by atoms with Crippen molar-refractivity contribution in [1.82, 2.24) is 14.8 Å². The summed E-state index contributed by atoms with van der Waals surface area (Å²) in [5.41, 5.74) is 0.173. The van der Waals surface area contributed by atoms with Gasteiger partial charge in [-0.15, -0.1) is 0 Å². The van der Waals surface area contributed by atoms with E-state index in [9.17, 15) is 22.8 Å². The van der Waals surface area contributed by atoms with Gasteiger partial charge in [-0.25, -0.2) is 0 Å². The molecule has 0 aliphatic heterocycles. The highest BCUT2D eigenvalue weighted by molar-refractivity contribution is 5.96. The molecule has 0 fully saturated rings. The van der Waals surface area contributed by atoms with Crippen LogP contribution in [-0.4, -0.2) is 32.6 Å². The van der Waals surface area contributed by atoms with Gasteiger partial charge in [0.15, 0.2) is 17.5 Å². The van der Waals surface area contributed by atoms with Gasteiger partial charge in [-0.2, -0.15) is 23.3 Å². The predicted octanol–water partition coefficient (Wildman–Crippen LogP) is 3.90. The molecule has 1 amide bonds. The summed E-state index contributed by atoms with van der Waals surface area (Å²) in [6, 6.07) is 6.97. The standard InChI is InChI=1S/C20H19F3N4O3/c1-10-17-15(20(21,22)23)9-16(25-18(17)27(4)26-10)30-12(3)19(29)24-14-7-5-13(6-8-14)11(2)28/h5-9,12H,1-4H3,(H,24,29). The SMILES string of the molecule is CC(=O)c1ccc(NC(=O)C(C)Oc2cc(C(F)(F)F)c3c(C)nn(C)c3n2)cc1. The van der Waals surface area contributed by atoms with E-state index in [1.165, 1.54) is 32.5 Å². The fourth-order valence-electron chi connectivity index (χ4n) is 2.97. The minimum absolute atomic E-state index is 0.00440. The van der Waals surface area contributed by atoms with E-state index in [1.807, 2.05) is 0 Å². The van der Waals surface area contributed by atoms with Gasteiger partial charge in [0, 0.05) is 24.4 Å². The van der Waals surface area contributed by atoms with Crippen molar-refractivity contribution in [3.8, 4) is 5.88 Å². The Morgan fingerprint density at radius 1 is 1.20 bits per heavy atom. The lowest BCUT2D eigenvalue weighted by molar-refractivity contribution is -0.136. The number of nitrogens with one attached hydrogen (secondary N) is 1. The molecule has 0 aliphatic rings. The summed E-state index contributed by atoms with van der Waals surface area (Å²) in [7, 11) is 1.48. The van der Waals surface area contributed by atoms with E-state index in [2.05, 4.69) is 15.4 Å². The van der Waals surface area contributed by atoms with Crippen molar-refractivity contribution in [3.05, 3.63) is 47.2 Å². The van der Waals surface area contributed by atoms with Crippen molar-refractivity contribution in [2.75, 3.05) is 5.32 Å². The lowest BCUT2D eigenvalue weighted by Gasteiger charge is -2.16. The number of aryl methyl sites for hydroxylation is 2. The molecule has 1 unspecified atom stereocenters. The molecule has 158 valence electrons. The Bertz CT molecular complexity index is 1120. The van der Waals surface area contributed by atoms with Crippen LogP contribution in [0.1, 0.15) is 35.5 Å². The normalized spacial score (nSPS) is 12.6. The summed E-state index contributed by atoms with van der Waals surface area (Å²) in [5.74, 6) is -1.04. The number of ether oxygens (including phenoxy) is 1. The maximum absolute atomic E-state index is 13.5. The first-order valence-corrected chi connectivity index (χ1v) is 8.97. The van der Waals surface area contributed by atoms with Gasteiger partial charge in [0.25, 0.3) is 5.91 Å². The maximum atomic E-state index is 13.5. The number of carbonyl (C=O) groups excluding carboxylic acids is 2. The number of benzene rings is 1. The first kappa shape index (κ1) is 21.3. The second-order valence-corrected chi connectivity index (χ2v) is 6.80. The van der Waals surface area contributed by atoms with Crippen LogP contribution >= 0.6 is 0 Å². The topological polar surface area (TPSA) is 86.1 Å². The molecular weight excluding hydrogens is 401 g/mol. The Balaban J connectivity index is 1.83. The minimum Gasteiger partial charge on any atom is -0.464 e. The summed E-state index contributed by atoms with van der Waals surface area (Å²) in [4.78, 5) is 27.8. The molecule has 3 rings (SSSR count). The highest BCUT2D eigenvalue weighted by Crippen LogP contribution is 2.37. The van der Waals surface area contributed by atoms with E-state index in [0.717, 1.165) is 6.07 Å². The number of alkyl halides is 3. The molecule has 0 saturated heterocycles. The highest BCUT2D eigenvalue weighted by atomic mass is 19.4. The molecule has 30 heavy (non-hydrogen) atoms. The molecule has 1 aromatic carbocycles. The molecule has 1 N–H and O–H groups in total. The molecule has 0 spiro atoms. The number of hydrogen-bond donors (Lipinski definition) is 1. The van der Waals surface area contributed by atoms with E-state index in [4.69, 9.17) is 4.74 Å². The quantitative estimate of drug-likeness (QED) is 0.633. The Morgan fingerprint density at radius 2 is 1.83 bits per heavy atom. The first-order chi connectivity index (χ1) is 14.0. The summed E-state index contributed by atoms with van der Waals surface area (Å²) in [5, 5.41) is 6.46. The molecule has 1 atom stereocenters. The van der Waals surface area contributed by atoms with E-state index < -0.39 is 23.8 Å². The van der Waals surface area contributed by atoms with Crippen molar-refractivity contribution in [3.63, 3.8) is 0 Å². The van der Waals surface area contributed by atoms with Gasteiger partial charge in [0.2, 0.25) is 5.88 Å². The number of Topliss-reactive ketones (excluding diaryl/α,β-unsaturated/α-hetero) is 1. The minimum atomic E-state index is -4.64. The summed E-state index contributed by atoms with van der Waals surface area (Å²) >= 11 is 0. The van der Waals surface area contributed by atoms with Crippen molar-refractivity contribution in [1.29, 1.82) is 0 Å². The number of pyridine rings is 1. The Morgan fingerprint density at radius 3 is 2.40 bits per heavy atom. The second kappa shape index (κ2) is 7.77. The molecule has 3 aromatic rings. The van der Waals surface area contributed by atoms with Crippen LogP contribution in [0.2, 0.25) is 0 Å². The summed E-state index contributed by atoms with van der Waals surface area (Å²) in [6.45, 7) is 4.28. The lowest BCUT2D eigenvalue weighted by Crippen LogP contribution is -2.30. The van der Waals surface area contributed by atoms with Crippen LogP contribution in [0.4, 0.5) is 18.9 Å². The number of ketones is 1. The number of rotatable bonds is 5. The van der Waals surface area contributed by atoms with Gasteiger partial charge in [-0.3, -0.25) is 14.3 Å². The van der Waals surface area contributed by atoms with Crippen LogP contribution in [0.3, 0.4) is 0 Å². The first-order valence-electron chi connectivity index (χ1n) is 8.97. The van der Waals surface area contributed by atoms with Crippen molar-refractivity contribution < 1.29 is 27.5 Å². The van der Waals surface area contributed by atoms with Crippen molar-refractivity contribution >= 4 is 28.4 Å². The molecule has 7 nitrogen and oxygen atoms in total. The van der Waals surface area contributed by atoms with Crippen LogP contribution in [0.15, 0.2) is 30.3 Å². The molecule has 0 bridgehead atoms. The third-order valence-corrected chi connectivity index (χ3v) is 4.48. The van der Waals surface area contributed by atoms with Gasteiger partial charge in [0.1, 0.15) is 0 Å². The molecular formula is C20H19F3N4O3. The van der Waals surface area contributed by atoms with Gasteiger partial charge >= 0.3 is 6.18 Å². The Labute approximate surface area is 169 Å². The second-order valence-electron chi connectivity index (χ2n) is 6.80. The number of hydrogen-bond acceptors (Lipinski definition) is 5. The summed E-state index contributed by atoms with van der Waals surface area (Å²) < 4.78 is 47.2. The van der Waals surface area contributed by atoms with Gasteiger partial charge in [0.05, 0.1) is 16.6 Å². The number of aromatic nitrogens is 3. The van der Waals surface area contributed by atoms with Crippen LogP contribution in [0, 0.1) is 6.92 Å². The van der Waals surface area contributed by atoms with E-state index in [0.29, 0.717) is 11.3 Å². The van der Waals surface area contributed by atoms with Crippen LogP contribution in [0.25, 0.3) is 11.0 Å². The monoisotopic (exact) mass is 420 g/mol. The maximum Gasteiger partial charge on any atom is 0.417 e. The smallest absolute Gasteiger partial charge is 0.417 e. The van der Waals surface area contributed by atoms with Crippen LogP contribution in [-0.2, 0) is 18.0 Å². The van der Waals surface area contributed by atoms with E-state index in [-0.39, 0.29) is 28.4 Å². The molecule has 2 heterocycles. The Kier molecular flexibility index (Phi) is 5.51. The lowest BCUT2D eigenvalue weighted by atomic mass is 10.1. The van der Waals surface area contributed by atoms with Gasteiger partial charge in [-0.05, 0) is 45.0 Å². The van der Waals surface area contributed by atoms with E-state index >= 15 is 0 Å². The zero-order valence-electron chi connectivity index (χ0n) is 16.7. The largest absolute Gasteiger partial charge is 0.464 e. The number of nitrogens with zero attached hydrogens (tertiary/aromatic N) is 3. The third kappa shape index (κ3) is 4.27. The zero-order valence-corrected chi connectivity index (χ0v) is 16.7. The number of anilines is 1. The molecule has 0 aliphatic carbocycles. The van der Waals surface area contributed by atoms with Crippen molar-refractivity contribution in [2.24, 2.45) is 7.05 Å². The summed E-state index contributed by atoms with van der Waals surface area (Å²) in [6.07, 6.45) is -5.77. The van der Waals surface area contributed by atoms with E-state index in [1.54, 1.807) is 24.3 Å². The molecule has 2 aromatic heterocycles. The van der Waals surface area contributed by atoms with Crippen LogP contribution in [0.5, 0.6) is 5.88 Å². The zero-order chi connectivity index (χ0) is 22.2. The molecule has 0 saturated carbocycles. The van der Waals surface area contributed by atoms with Crippen molar-refractivity contribution in [2.45, 2.75) is 33.1 Å². The highest BCUT2D eigenvalue weighted by Gasteiger charge is 2.36. The molecule has 10 heteroatoms. The fourth-order valence-corrected chi connectivity index (χ4v) is 2.97. The fraction of sp³-hybridized carbons (Fsp3) is 0.300. The van der Waals surface area contributed by atoms with Gasteiger partial charge in [-0.1, -0.05) is 0 Å².